The van der Waals surface area contributed by atoms with Crippen LogP contribution in [-0.4, -0.2) is 29.6 Å². The van der Waals surface area contributed by atoms with Crippen molar-refractivity contribution in [3.63, 3.8) is 0 Å². The van der Waals surface area contributed by atoms with Gasteiger partial charge >= 0.3 is 5.97 Å². The van der Waals surface area contributed by atoms with Crippen LogP contribution in [0.1, 0.15) is 40.0 Å². The van der Waals surface area contributed by atoms with E-state index in [1.54, 1.807) is 0 Å². The summed E-state index contributed by atoms with van der Waals surface area (Å²) in [5.74, 6) is -1.10. The van der Waals surface area contributed by atoms with Crippen LogP contribution in [0.4, 0.5) is 0 Å². The first-order valence-corrected chi connectivity index (χ1v) is 5.96. The first kappa shape index (κ1) is 14.0. The lowest BCUT2D eigenvalue weighted by molar-refractivity contribution is -0.154. The second-order valence-corrected chi connectivity index (χ2v) is 6.00. The predicted molar refractivity (Wildman–Crippen MR) is 64.4 cm³/mol. The fourth-order valence-electron chi connectivity index (χ4n) is 1.83. The Bertz CT molecular complexity index is 316. The summed E-state index contributed by atoms with van der Waals surface area (Å²) >= 11 is 0. The van der Waals surface area contributed by atoms with Crippen molar-refractivity contribution in [3.05, 3.63) is 0 Å². The highest BCUT2D eigenvalue weighted by molar-refractivity contribution is 5.83. The highest BCUT2D eigenvalue weighted by Crippen LogP contribution is 2.40. The number of hydrogen-bond acceptors (Lipinski definition) is 3. The van der Waals surface area contributed by atoms with Crippen LogP contribution >= 0.6 is 0 Å². The van der Waals surface area contributed by atoms with Crippen molar-refractivity contribution in [2.75, 3.05) is 6.54 Å². The van der Waals surface area contributed by atoms with E-state index in [1.807, 2.05) is 20.8 Å². The molecular weight excluding hydrogens is 220 g/mol. The highest BCUT2D eigenvalue weighted by Gasteiger charge is 2.44. The normalized spacial score (nSPS) is 20.2. The molecule has 98 valence electrons. The van der Waals surface area contributed by atoms with E-state index >= 15 is 0 Å². The Balaban J connectivity index is 2.51. The van der Waals surface area contributed by atoms with Crippen molar-refractivity contribution in [3.8, 4) is 0 Å². The lowest BCUT2D eigenvalue weighted by atomic mass is 9.68. The molecular formula is C12H22N2O3. The van der Waals surface area contributed by atoms with Crippen LogP contribution in [0.5, 0.6) is 0 Å². The van der Waals surface area contributed by atoms with Crippen LogP contribution < -0.4 is 11.1 Å². The number of carbonyl (C=O) groups is 2. The average Bonchev–Trinajstić information content (AvgIpc) is 2.12. The van der Waals surface area contributed by atoms with E-state index in [4.69, 9.17) is 10.8 Å². The molecule has 0 radical (unpaired) electrons. The molecule has 0 aromatic rings. The maximum Gasteiger partial charge on any atom is 0.311 e. The van der Waals surface area contributed by atoms with Crippen LogP contribution in [0.15, 0.2) is 0 Å². The van der Waals surface area contributed by atoms with Gasteiger partial charge in [0.25, 0.3) is 0 Å². The van der Waals surface area contributed by atoms with Gasteiger partial charge in [0.1, 0.15) is 0 Å². The summed E-state index contributed by atoms with van der Waals surface area (Å²) in [6.07, 6.45) is 2.17. The Hall–Kier alpha value is -1.10. The molecule has 1 aliphatic carbocycles. The van der Waals surface area contributed by atoms with Crippen molar-refractivity contribution < 1.29 is 14.7 Å². The van der Waals surface area contributed by atoms with Gasteiger partial charge in [-0.2, -0.15) is 0 Å². The third kappa shape index (κ3) is 2.97. The number of carbonyl (C=O) groups excluding carboxylic acids is 1. The maximum absolute atomic E-state index is 11.8. The number of carboxylic acid groups (broad SMARTS) is 1. The summed E-state index contributed by atoms with van der Waals surface area (Å²) in [7, 11) is 0. The topological polar surface area (TPSA) is 92.4 Å². The number of nitrogens with two attached hydrogens (primary N) is 1. The van der Waals surface area contributed by atoms with Crippen LogP contribution in [0.3, 0.4) is 0 Å². The first-order valence-electron chi connectivity index (χ1n) is 5.96. The number of aliphatic carboxylic acids is 1. The van der Waals surface area contributed by atoms with Crippen molar-refractivity contribution in [1.29, 1.82) is 0 Å². The van der Waals surface area contributed by atoms with Gasteiger partial charge in [-0.1, -0.05) is 27.2 Å². The summed E-state index contributed by atoms with van der Waals surface area (Å²) < 4.78 is 0. The minimum absolute atomic E-state index is 0.185. The van der Waals surface area contributed by atoms with E-state index in [1.165, 1.54) is 0 Å². The molecule has 1 fully saturated rings. The quantitative estimate of drug-likeness (QED) is 0.677. The molecule has 1 amide bonds. The number of nitrogens with one attached hydrogen (secondary N) is 1. The Kier molecular flexibility index (Phi) is 3.81. The third-order valence-electron chi connectivity index (χ3n) is 3.58. The molecule has 4 N–H and O–H groups in total. The Labute approximate surface area is 102 Å². The highest BCUT2D eigenvalue weighted by atomic mass is 16.4. The zero-order valence-corrected chi connectivity index (χ0v) is 10.7. The first-order chi connectivity index (χ1) is 7.69. The molecule has 0 spiro atoms. The molecule has 5 nitrogen and oxygen atoms in total. The Morgan fingerprint density at radius 2 is 1.94 bits per heavy atom. The summed E-state index contributed by atoms with van der Waals surface area (Å²) in [6, 6.07) is -0.617. The molecule has 5 heteroatoms. The molecule has 0 aromatic heterocycles. The third-order valence-corrected chi connectivity index (χ3v) is 3.58. The van der Waals surface area contributed by atoms with Gasteiger partial charge in [-0.05, 0) is 18.3 Å². The monoisotopic (exact) mass is 242 g/mol. The molecule has 0 saturated heterocycles. The molecule has 1 atom stereocenters. The van der Waals surface area contributed by atoms with Gasteiger partial charge < -0.3 is 16.2 Å². The molecule has 0 aliphatic heterocycles. The SMILES string of the molecule is CC(C)(C)[C@@H](N)C(=O)NCC1(C(=O)O)CCC1. The molecule has 17 heavy (non-hydrogen) atoms. The zero-order chi connectivity index (χ0) is 13.3. The predicted octanol–water partition coefficient (Wildman–Crippen LogP) is 0.731. The fourth-order valence-corrected chi connectivity index (χ4v) is 1.83. The molecule has 0 heterocycles. The molecule has 1 saturated carbocycles. The summed E-state index contributed by atoms with van der Waals surface area (Å²) in [5, 5.41) is 11.8. The Morgan fingerprint density at radius 3 is 2.24 bits per heavy atom. The second-order valence-electron chi connectivity index (χ2n) is 6.00. The summed E-state index contributed by atoms with van der Waals surface area (Å²) in [4.78, 5) is 22.9. The van der Waals surface area contributed by atoms with Crippen molar-refractivity contribution in [1.82, 2.24) is 5.32 Å². The van der Waals surface area contributed by atoms with Gasteiger partial charge in [0.05, 0.1) is 11.5 Å². The lowest BCUT2D eigenvalue weighted by Crippen LogP contribution is -2.53. The van der Waals surface area contributed by atoms with E-state index < -0.39 is 17.4 Å². The minimum atomic E-state index is -0.826. The minimum Gasteiger partial charge on any atom is -0.481 e. The molecule has 0 unspecified atom stereocenters. The molecule has 1 rings (SSSR count). The van der Waals surface area contributed by atoms with Gasteiger partial charge in [0.15, 0.2) is 0 Å². The van der Waals surface area contributed by atoms with E-state index in [0.717, 1.165) is 6.42 Å². The lowest BCUT2D eigenvalue weighted by Gasteiger charge is -2.38. The van der Waals surface area contributed by atoms with Crippen molar-refractivity contribution >= 4 is 11.9 Å². The van der Waals surface area contributed by atoms with E-state index in [0.29, 0.717) is 12.8 Å². The van der Waals surface area contributed by atoms with Gasteiger partial charge in [-0.3, -0.25) is 9.59 Å². The van der Waals surface area contributed by atoms with Crippen LogP contribution in [0.2, 0.25) is 0 Å². The largest absolute Gasteiger partial charge is 0.481 e. The van der Waals surface area contributed by atoms with E-state index in [9.17, 15) is 9.59 Å². The average molecular weight is 242 g/mol. The van der Waals surface area contributed by atoms with Crippen LogP contribution in [0, 0.1) is 10.8 Å². The van der Waals surface area contributed by atoms with Crippen LogP contribution in [0.25, 0.3) is 0 Å². The molecule has 1 aliphatic rings. The van der Waals surface area contributed by atoms with E-state index in [-0.39, 0.29) is 17.9 Å². The number of hydrogen-bond donors (Lipinski definition) is 3. The van der Waals surface area contributed by atoms with Crippen LogP contribution in [-0.2, 0) is 9.59 Å². The number of rotatable bonds is 4. The molecule has 0 aromatic carbocycles. The second kappa shape index (κ2) is 4.64. The Morgan fingerprint density at radius 1 is 1.41 bits per heavy atom. The summed E-state index contributed by atoms with van der Waals surface area (Å²) in [6.45, 7) is 5.83. The van der Waals surface area contributed by atoms with Gasteiger partial charge in [0, 0.05) is 6.54 Å². The zero-order valence-electron chi connectivity index (χ0n) is 10.7. The van der Waals surface area contributed by atoms with Crippen molar-refractivity contribution in [2.45, 2.75) is 46.1 Å². The van der Waals surface area contributed by atoms with E-state index in [2.05, 4.69) is 5.32 Å². The van der Waals surface area contributed by atoms with Gasteiger partial charge in [-0.25, -0.2) is 0 Å². The van der Waals surface area contributed by atoms with Gasteiger partial charge in [0.2, 0.25) is 5.91 Å². The molecule has 0 bridgehead atoms. The van der Waals surface area contributed by atoms with Crippen molar-refractivity contribution in [2.24, 2.45) is 16.6 Å². The standard InChI is InChI=1S/C12H22N2O3/c1-11(2,3)8(13)9(15)14-7-12(10(16)17)5-4-6-12/h8H,4-7,13H2,1-3H3,(H,14,15)(H,16,17)/t8-/m0/s1. The van der Waals surface area contributed by atoms with Gasteiger partial charge in [-0.15, -0.1) is 0 Å². The fraction of sp³-hybridized carbons (Fsp3) is 0.833. The maximum atomic E-state index is 11.8. The number of carboxylic acids is 1. The smallest absolute Gasteiger partial charge is 0.311 e. The summed E-state index contributed by atoms with van der Waals surface area (Å²) in [5.41, 5.74) is 4.72. The number of amides is 1.